The summed E-state index contributed by atoms with van der Waals surface area (Å²) in [7, 11) is 0. The van der Waals surface area contributed by atoms with E-state index in [0.717, 1.165) is 12.2 Å². The van der Waals surface area contributed by atoms with Crippen LogP contribution in [-0.2, 0) is 0 Å². The van der Waals surface area contributed by atoms with Crippen molar-refractivity contribution < 1.29 is 9.80 Å². The summed E-state index contributed by atoms with van der Waals surface area (Å²) in [5.41, 5.74) is 0. The number of hydrogen-bond acceptors (Lipinski definition) is 3. The molecule has 6 heteroatoms. The summed E-state index contributed by atoms with van der Waals surface area (Å²) in [4.78, 5) is 3.42. The molecule has 0 bridgehead atoms. The zero-order valence-electron chi connectivity index (χ0n) is 13.5. The third-order valence-electron chi connectivity index (χ3n) is 5.50. The Labute approximate surface area is 127 Å². The molecule has 21 heavy (non-hydrogen) atoms. The molecule has 3 rings (SSSR count). The maximum Gasteiger partial charge on any atom is 0.209 e. The van der Waals surface area contributed by atoms with Crippen LogP contribution in [-0.4, -0.2) is 52.9 Å². The van der Waals surface area contributed by atoms with Gasteiger partial charge in [-0.2, -0.15) is 0 Å². The van der Waals surface area contributed by atoms with E-state index in [2.05, 4.69) is 34.1 Å². The zero-order valence-corrected chi connectivity index (χ0v) is 13.5. The molecule has 1 saturated heterocycles. The Morgan fingerprint density at radius 2 is 1.86 bits per heavy atom. The first-order chi connectivity index (χ1) is 10.3. The van der Waals surface area contributed by atoms with Gasteiger partial charge in [-0.15, -0.1) is 5.10 Å². The lowest BCUT2D eigenvalue weighted by Gasteiger charge is -2.33. The van der Waals surface area contributed by atoms with Crippen LogP contribution in [0.25, 0.3) is 0 Å². The predicted molar refractivity (Wildman–Crippen MR) is 80.3 cm³/mol. The minimum absolute atomic E-state index is 0.471. The van der Waals surface area contributed by atoms with Crippen LogP contribution in [0.5, 0.6) is 0 Å². The minimum atomic E-state index is 0.471. The van der Waals surface area contributed by atoms with E-state index in [-0.39, 0.29) is 0 Å². The van der Waals surface area contributed by atoms with Gasteiger partial charge in [0.2, 0.25) is 5.82 Å². The van der Waals surface area contributed by atoms with Crippen molar-refractivity contribution in [3.63, 3.8) is 0 Å². The number of likely N-dealkylation sites (N-methyl/N-ethyl adjacent to an activating group) is 1. The summed E-state index contributed by atoms with van der Waals surface area (Å²) in [6.07, 6.45) is 6.28. The molecule has 2 aliphatic rings. The summed E-state index contributed by atoms with van der Waals surface area (Å²) in [5, 5.41) is 12.8. The fourth-order valence-electron chi connectivity index (χ4n) is 4.12. The van der Waals surface area contributed by atoms with Crippen LogP contribution in [0.15, 0.2) is 0 Å². The zero-order chi connectivity index (χ0) is 14.7. The van der Waals surface area contributed by atoms with Gasteiger partial charge < -0.3 is 9.80 Å². The molecule has 1 atom stereocenters. The number of rotatable bonds is 5. The third kappa shape index (κ3) is 3.11. The lowest BCUT2D eigenvalue weighted by molar-refractivity contribution is -1.03. The summed E-state index contributed by atoms with van der Waals surface area (Å²) >= 11 is 0. The van der Waals surface area contributed by atoms with Crippen LogP contribution < -0.4 is 9.80 Å². The molecule has 1 saturated carbocycles. The van der Waals surface area contributed by atoms with Crippen LogP contribution in [0.4, 0.5) is 0 Å². The van der Waals surface area contributed by atoms with Crippen molar-refractivity contribution in [1.29, 1.82) is 0 Å². The van der Waals surface area contributed by atoms with Gasteiger partial charge >= 0.3 is 0 Å². The Morgan fingerprint density at radius 3 is 2.48 bits per heavy atom. The summed E-state index contributed by atoms with van der Waals surface area (Å²) in [6, 6.07) is 1.02. The number of piperazine rings is 1. The van der Waals surface area contributed by atoms with Crippen LogP contribution in [0.1, 0.15) is 63.9 Å². The molecule has 0 unspecified atom stereocenters. The van der Waals surface area contributed by atoms with Gasteiger partial charge in [-0.05, 0) is 30.2 Å². The molecule has 1 aliphatic heterocycles. The first-order valence-electron chi connectivity index (χ1n) is 8.79. The fraction of sp³-hybridized carbons (Fsp3) is 0.933. The van der Waals surface area contributed by atoms with E-state index in [0.29, 0.717) is 12.1 Å². The van der Waals surface area contributed by atoms with Gasteiger partial charge in [0.25, 0.3) is 0 Å². The first-order valence-corrected chi connectivity index (χ1v) is 8.79. The number of nitrogens with one attached hydrogen (secondary N) is 2. The standard InChI is InChI=1S/C15H28N6/c1-3-14(20-11-9-19(4-2)10-12-20)15-16-17-18-21(15)13-7-5-6-8-13/h13-14H,3-12H2,1-2H3/p+2/t14-/m1/s1. The molecule has 0 radical (unpaired) electrons. The minimum Gasteiger partial charge on any atom is -0.326 e. The van der Waals surface area contributed by atoms with Crippen LogP contribution in [0.3, 0.4) is 0 Å². The monoisotopic (exact) mass is 294 g/mol. The maximum atomic E-state index is 4.42. The van der Waals surface area contributed by atoms with E-state index in [9.17, 15) is 0 Å². The Kier molecular flexibility index (Phi) is 4.85. The predicted octanol–water partition coefficient (Wildman–Crippen LogP) is -0.957. The molecule has 2 heterocycles. The first kappa shape index (κ1) is 14.9. The number of hydrogen-bond donors (Lipinski definition) is 2. The van der Waals surface area contributed by atoms with E-state index in [1.54, 1.807) is 9.80 Å². The number of quaternary nitrogens is 2. The van der Waals surface area contributed by atoms with E-state index in [4.69, 9.17) is 0 Å². The topological polar surface area (TPSA) is 52.5 Å². The van der Waals surface area contributed by atoms with Gasteiger partial charge in [-0.25, -0.2) is 4.68 Å². The van der Waals surface area contributed by atoms with Crippen molar-refractivity contribution in [3.8, 4) is 0 Å². The lowest BCUT2D eigenvalue weighted by atomic mass is 10.1. The molecule has 118 valence electrons. The van der Waals surface area contributed by atoms with Crippen molar-refractivity contribution in [1.82, 2.24) is 20.2 Å². The Bertz CT molecular complexity index is 431. The number of nitrogens with zero attached hydrogens (tertiary/aromatic N) is 4. The highest BCUT2D eigenvalue weighted by Gasteiger charge is 2.34. The molecule has 2 N–H and O–H groups in total. The number of tetrazole rings is 1. The van der Waals surface area contributed by atoms with E-state index < -0.39 is 0 Å². The Morgan fingerprint density at radius 1 is 1.14 bits per heavy atom. The molecule has 6 nitrogen and oxygen atoms in total. The quantitative estimate of drug-likeness (QED) is 0.736. The van der Waals surface area contributed by atoms with Crippen LogP contribution in [0.2, 0.25) is 0 Å². The molecule has 1 aromatic rings. The van der Waals surface area contributed by atoms with Crippen molar-refractivity contribution in [2.45, 2.75) is 58.0 Å². The van der Waals surface area contributed by atoms with Crippen molar-refractivity contribution in [3.05, 3.63) is 5.82 Å². The summed E-state index contributed by atoms with van der Waals surface area (Å²) in [6.45, 7) is 10.9. The molecule has 1 aromatic heterocycles. The molecule has 0 aromatic carbocycles. The van der Waals surface area contributed by atoms with Crippen LogP contribution >= 0.6 is 0 Å². The highest BCUT2D eigenvalue weighted by Crippen LogP contribution is 2.30. The summed E-state index contributed by atoms with van der Waals surface area (Å²) in [5.74, 6) is 1.14. The van der Waals surface area contributed by atoms with E-state index >= 15 is 0 Å². The highest BCUT2D eigenvalue weighted by atomic mass is 15.6. The normalized spacial score (nSPS) is 28.9. The molecule has 0 spiro atoms. The molecular formula is C15H30N6+2. The second kappa shape index (κ2) is 6.83. The maximum absolute atomic E-state index is 4.42. The van der Waals surface area contributed by atoms with Gasteiger partial charge in [0.15, 0.2) is 0 Å². The van der Waals surface area contributed by atoms with Gasteiger partial charge in [0.05, 0.1) is 12.6 Å². The molecule has 2 fully saturated rings. The SMILES string of the molecule is CC[C@H](c1nnnn1C1CCCC1)[NH+]1CC[NH+](CC)CC1. The Balaban J connectivity index is 1.73. The van der Waals surface area contributed by atoms with Crippen LogP contribution in [0, 0.1) is 0 Å². The largest absolute Gasteiger partial charge is 0.326 e. The van der Waals surface area contributed by atoms with Gasteiger partial charge in [-0.1, -0.05) is 19.8 Å². The molecule has 1 aliphatic carbocycles. The highest BCUT2D eigenvalue weighted by molar-refractivity contribution is 4.91. The summed E-state index contributed by atoms with van der Waals surface area (Å²) < 4.78 is 2.16. The van der Waals surface area contributed by atoms with E-state index in [1.165, 1.54) is 58.4 Å². The van der Waals surface area contributed by atoms with Crippen molar-refractivity contribution in [2.24, 2.45) is 0 Å². The fourth-order valence-corrected chi connectivity index (χ4v) is 4.12. The smallest absolute Gasteiger partial charge is 0.209 e. The average Bonchev–Trinajstić information content (AvgIpc) is 3.19. The van der Waals surface area contributed by atoms with Gasteiger partial charge in [-0.3, -0.25) is 0 Å². The lowest BCUT2D eigenvalue weighted by Crippen LogP contribution is -3.28. The molecule has 0 amide bonds. The van der Waals surface area contributed by atoms with Crippen molar-refractivity contribution in [2.75, 3.05) is 32.7 Å². The van der Waals surface area contributed by atoms with E-state index in [1.807, 2.05) is 0 Å². The third-order valence-corrected chi connectivity index (χ3v) is 5.50. The average molecular weight is 294 g/mol. The van der Waals surface area contributed by atoms with Crippen molar-refractivity contribution >= 4 is 0 Å². The second-order valence-electron chi connectivity index (χ2n) is 6.64. The second-order valence-corrected chi connectivity index (χ2v) is 6.64. The van der Waals surface area contributed by atoms with Gasteiger partial charge in [0, 0.05) is 6.42 Å². The molecular weight excluding hydrogens is 264 g/mol. The number of aromatic nitrogens is 4. The van der Waals surface area contributed by atoms with Gasteiger partial charge in [0.1, 0.15) is 32.2 Å². The Hall–Kier alpha value is -1.01.